The van der Waals surface area contributed by atoms with E-state index < -0.39 is 22.3 Å². The number of aliphatic hydroxyl groups excluding tert-OH is 1. The number of fused-ring (bicyclic) bond motifs is 2. The first-order valence-corrected chi connectivity index (χ1v) is 17.6. The number of benzene rings is 4. The summed E-state index contributed by atoms with van der Waals surface area (Å²) in [6, 6.07) is 28.5. The maximum Gasteiger partial charge on any atom is 0.269 e. The number of nitro benzene ring substituents is 1. The number of carbonyl (C=O) groups excluding carboxylic acids is 2. The fourth-order valence-corrected chi connectivity index (χ4v) is 7.08. The summed E-state index contributed by atoms with van der Waals surface area (Å²) in [5.41, 5.74) is 2.84. The standard InChI is InChI=1S/C41H39N7O6/c1-27(10-7-8-19-46-25-37(44-45-46)34(26-49)29-12-3-2-4-13-29)41(52)35-22-32(48(53)54)17-18-38(35)47(40(41)51)24-28-11-9-14-31(20-28)43-39(50)21-30-23-42-36-16-6-5-15-33(30)36/h2-7,9-18,20,22-23,25,27,34,42,49,52H,8,19,21,24,26H2,1H3,(H,43,50)/b10-7+/t27-,34?,41+/m0/s1. The Morgan fingerprint density at radius 2 is 1.85 bits per heavy atom. The third-order valence-corrected chi connectivity index (χ3v) is 9.95. The largest absolute Gasteiger partial charge is 0.395 e. The summed E-state index contributed by atoms with van der Waals surface area (Å²) < 4.78 is 1.67. The summed E-state index contributed by atoms with van der Waals surface area (Å²) in [6.45, 7) is 2.10. The average Bonchev–Trinajstić information content (AvgIpc) is 3.87. The van der Waals surface area contributed by atoms with E-state index in [0.29, 0.717) is 35.6 Å². The number of hydrogen-bond acceptors (Lipinski definition) is 8. The van der Waals surface area contributed by atoms with Gasteiger partial charge in [-0.25, -0.2) is 0 Å². The van der Waals surface area contributed by atoms with E-state index in [9.17, 15) is 29.9 Å². The molecule has 0 saturated carbocycles. The Morgan fingerprint density at radius 3 is 2.65 bits per heavy atom. The molecule has 13 heteroatoms. The van der Waals surface area contributed by atoms with E-state index >= 15 is 0 Å². The highest BCUT2D eigenvalue weighted by Gasteiger charge is 2.53. The quantitative estimate of drug-likeness (QED) is 0.0601. The van der Waals surface area contributed by atoms with Gasteiger partial charge in [-0.05, 0) is 47.4 Å². The summed E-state index contributed by atoms with van der Waals surface area (Å²) in [5.74, 6) is -1.87. The lowest BCUT2D eigenvalue weighted by Gasteiger charge is -2.27. The Bertz CT molecular complexity index is 2350. The zero-order valence-electron chi connectivity index (χ0n) is 29.5. The average molecular weight is 726 g/mol. The van der Waals surface area contributed by atoms with Gasteiger partial charge in [0, 0.05) is 59.1 Å². The number of anilines is 2. The van der Waals surface area contributed by atoms with Crippen molar-refractivity contribution >= 4 is 39.8 Å². The van der Waals surface area contributed by atoms with Gasteiger partial charge < -0.3 is 25.4 Å². The smallest absolute Gasteiger partial charge is 0.269 e. The molecule has 0 saturated heterocycles. The van der Waals surface area contributed by atoms with Crippen LogP contribution in [0.4, 0.5) is 17.1 Å². The molecule has 1 unspecified atom stereocenters. The summed E-state index contributed by atoms with van der Waals surface area (Å²) in [7, 11) is 0. The lowest BCUT2D eigenvalue weighted by Crippen LogP contribution is -2.44. The van der Waals surface area contributed by atoms with Crippen LogP contribution in [0.25, 0.3) is 10.9 Å². The summed E-state index contributed by atoms with van der Waals surface area (Å²) >= 11 is 0. The molecule has 54 heavy (non-hydrogen) atoms. The SMILES string of the molecule is C[C@@H](/C=C/CCn1cc(C(CO)c2ccccc2)nn1)[C@]1(O)C(=O)N(Cc2cccc(NC(=O)Cc3c[nH]c4ccccc34)c2)c2ccc([N+](=O)[O-])cc21. The molecule has 7 rings (SSSR count). The van der Waals surface area contributed by atoms with Gasteiger partial charge in [0.2, 0.25) is 5.91 Å². The molecule has 0 spiro atoms. The zero-order chi connectivity index (χ0) is 37.8. The minimum Gasteiger partial charge on any atom is -0.395 e. The van der Waals surface area contributed by atoms with Crippen molar-refractivity contribution in [2.75, 3.05) is 16.8 Å². The third kappa shape index (κ3) is 7.14. The van der Waals surface area contributed by atoms with Crippen LogP contribution in [-0.4, -0.2) is 53.5 Å². The van der Waals surface area contributed by atoms with Gasteiger partial charge in [0.15, 0.2) is 5.60 Å². The molecule has 4 aromatic carbocycles. The molecular formula is C41H39N7O6. The van der Waals surface area contributed by atoms with Crippen LogP contribution in [0.2, 0.25) is 0 Å². The van der Waals surface area contributed by atoms with Crippen LogP contribution in [0.5, 0.6) is 0 Å². The van der Waals surface area contributed by atoms with Gasteiger partial charge in [-0.3, -0.25) is 24.4 Å². The van der Waals surface area contributed by atoms with E-state index in [1.54, 1.807) is 42.1 Å². The second-order valence-electron chi connectivity index (χ2n) is 13.5. The van der Waals surface area contributed by atoms with Gasteiger partial charge in [-0.2, -0.15) is 0 Å². The van der Waals surface area contributed by atoms with Crippen molar-refractivity contribution in [3.8, 4) is 0 Å². The van der Waals surface area contributed by atoms with E-state index in [0.717, 1.165) is 22.0 Å². The van der Waals surface area contributed by atoms with Crippen molar-refractivity contribution in [3.05, 3.63) is 160 Å². The third-order valence-electron chi connectivity index (χ3n) is 9.95. The van der Waals surface area contributed by atoms with E-state index in [1.165, 1.54) is 23.1 Å². The number of aryl methyl sites for hydroxylation is 1. The predicted molar refractivity (Wildman–Crippen MR) is 204 cm³/mol. The van der Waals surface area contributed by atoms with Gasteiger partial charge in [0.05, 0.1) is 41.8 Å². The monoisotopic (exact) mass is 725 g/mol. The van der Waals surface area contributed by atoms with Crippen molar-refractivity contribution in [1.29, 1.82) is 0 Å². The number of nitrogens with zero attached hydrogens (tertiary/aromatic N) is 5. The maximum atomic E-state index is 14.2. The Kier molecular flexibility index (Phi) is 10.2. The summed E-state index contributed by atoms with van der Waals surface area (Å²) in [5, 5.41) is 46.3. The molecule has 274 valence electrons. The molecule has 4 N–H and O–H groups in total. The first-order chi connectivity index (χ1) is 26.1. The number of aromatic nitrogens is 4. The lowest BCUT2D eigenvalue weighted by atomic mass is 9.82. The highest BCUT2D eigenvalue weighted by molar-refractivity contribution is 6.07. The molecule has 3 heterocycles. The van der Waals surface area contributed by atoms with E-state index in [2.05, 4.69) is 20.6 Å². The van der Waals surface area contributed by atoms with Gasteiger partial charge in [-0.1, -0.05) is 85.0 Å². The second-order valence-corrected chi connectivity index (χ2v) is 13.5. The van der Waals surface area contributed by atoms with Crippen LogP contribution in [0, 0.1) is 16.0 Å². The van der Waals surface area contributed by atoms with Crippen LogP contribution in [0.15, 0.2) is 122 Å². The molecule has 0 radical (unpaired) electrons. The number of rotatable bonds is 14. The van der Waals surface area contributed by atoms with Crippen molar-refractivity contribution in [1.82, 2.24) is 20.0 Å². The number of hydrogen-bond donors (Lipinski definition) is 4. The number of amides is 2. The molecule has 3 atom stereocenters. The number of non-ortho nitro benzene ring substituents is 1. The number of nitro groups is 1. The van der Waals surface area contributed by atoms with Gasteiger partial charge in [0.1, 0.15) is 0 Å². The van der Waals surface area contributed by atoms with Gasteiger partial charge in [-0.15, -0.1) is 5.10 Å². The summed E-state index contributed by atoms with van der Waals surface area (Å²) in [4.78, 5) is 43.0. The van der Waals surface area contributed by atoms with Crippen molar-refractivity contribution in [3.63, 3.8) is 0 Å². The molecule has 0 aliphatic carbocycles. The van der Waals surface area contributed by atoms with Crippen LogP contribution in [0.3, 0.4) is 0 Å². The van der Waals surface area contributed by atoms with E-state index in [1.807, 2.05) is 72.9 Å². The molecule has 6 aromatic rings. The fourth-order valence-electron chi connectivity index (χ4n) is 7.08. The second kappa shape index (κ2) is 15.3. The zero-order valence-corrected chi connectivity index (χ0v) is 29.5. The van der Waals surface area contributed by atoms with Gasteiger partial charge in [0.25, 0.3) is 11.6 Å². The number of carbonyl (C=O) groups is 2. The number of aromatic amines is 1. The number of allylic oxidation sites excluding steroid dienone is 1. The lowest BCUT2D eigenvalue weighted by molar-refractivity contribution is -0.385. The first-order valence-electron chi connectivity index (χ1n) is 17.6. The highest BCUT2D eigenvalue weighted by Crippen LogP contribution is 2.47. The van der Waals surface area contributed by atoms with Gasteiger partial charge >= 0.3 is 0 Å². The number of H-pyrrole nitrogens is 1. The Hall–Kier alpha value is -6.44. The first kappa shape index (κ1) is 35.9. The van der Waals surface area contributed by atoms with Crippen LogP contribution in [-0.2, 0) is 34.7 Å². The normalized spacial score (nSPS) is 16.5. The van der Waals surface area contributed by atoms with Crippen LogP contribution < -0.4 is 10.2 Å². The van der Waals surface area contributed by atoms with Crippen molar-refractivity contribution < 1.29 is 24.7 Å². The Balaban J connectivity index is 1.05. The Labute approximate surface area is 310 Å². The maximum absolute atomic E-state index is 14.2. The minimum absolute atomic E-state index is 0.0565. The number of nitrogens with one attached hydrogen (secondary N) is 2. The molecule has 13 nitrogen and oxygen atoms in total. The van der Waals surface area contributed by atoms with Crippen LogP contribution in [0.1, 0.15) is 47.2 Å². The highest BCUT2D eigenvalue weighted by atomic mass is 16.6. The topological polar surface area (TPSA) is 180 Å². The molecule has 0 bridgehead atoms. The fraction of sp³-hybridized carbons (Fsp3) is 0.220. The van der Waals surface area contributed by atoms with Crippen LogP contribution >= 0.6 is 0 Å². The molecule has 1 aliphatic heterocycles. The molecule has 0 fully saturated rings. The van der Waals surface area contributed by atoms with E-state index in [-0.39, 0.29) is 42.6 Å². The molecule has 1 aliphatic rings. The predicted octanol–water partition coefficient (Wildman–Crippen LogP) is 5.99. The number of aliphatic hydroxyl groups is 2. The summed E-state index contributed by atoms with van der Waals surface area (Å²) in [6.07, 6.45) is 7.84. The van der Waals surface area contributed by atoms with Crippen molar-refractivity contribution in [2.24, 2.45) is 5.92 Å². The van der Waals surface area contributed by atoms with Crippen molar-refractivity contribution in [2.45, 2.75) is 44.4 Å². The molecule has 2 amide bonds. The molecular weight excluding hydrogens is 686 g/mol. The molecule has 2 aromatic heterocycles. The number of para-hydroxylation sites is 1. The Morgan fingerprint density at radius 1 is 1.06 bits per heavy atom. The van der Waals surface area contributed by atoms with E-state index in [4.69, 9.17) is 0 Å². The minimum atomic E-state index is -2.08.